The van der Waals surface area contributed by atoms with Gasteiger partial charge in [0.25, 0.3) is 0 Å². The van der Waals surface area contributed by atoms with Crippen molar-refractivity contribution in [2.45, 2.75) is 303 Å². The molecule has 0 N–H and O–H groups in total. The fourth-order valence-electron chi connectivity index (χ4n) is 9.10. The number of unbranched alkanes of at least 4 members (excludes halogenated alkanes) is 25. The number of allylic oxidation sites excluding steroid dienone is 24. The van der Waals surface area contributed by atoms with E-state index >= 15 is 0 Å². The SMILES string of the molecule is CC/C=C\C/C=C\C/C=C\C/C=C\C/C=C\C/C=C\CCCCCCCCCCCCC(=O)OCC(COC(=O)CCCCCCCC)OC(=O)CCCCCCCCCCCC/C=C\C/C=C\C/C=C\C/C=C\C/C=C\C/C=C\CC. The number of hydrogen-bond donors (Lipinski definition) is 0. The molecule has 0 spiro atoms. The Hall–Kier alpha value is -4.71. The summed E-state index contributed by atoms with van der Waals surface area (Å²) in [6, 6.07) is 0. The van der Waals surface area contributed by atoms with Crippen molar-refractivity contribution in [1.29, 1.82) is 0 Å². The minimum absolute atomic E-state index is 0.0837. The number of ether oxygens (including phenoxy) is 3. The monoisotopic (exact) mass is 1130 g/mol. The second-order valence-electron chi connectivity index (χ2n) is 22.0. The lowest BCUT2D eigenvalue weighted by Gasteiger charge is -2.18. The quantitative estimate of drug-likeness (QED) is 0.0261. The van der Waals surface area contributed by atoms with Gasteiger partial charge in [0.15, 0.2) is 6.10 Å². The summed E-state index contributed by atoms with van der Waals surface area (Å²) in [6.45, 7) is 6.35. The number of esters is 3. The lowest BCUT2D eigenvalue weighted by atomic mass is 10.0. The van der Waals surface area contributed by atoms with E-state index in [1.807, 2.05) is 0 Å². The molecule has 0 aliphatic carbocycles. The first-order valence-electron chi connectivity index (χ1n) is 33.8. The van der Waals surface area contributed by atoms with E-state index in [2.05, 4.69) is 167 Å². The van der Waals surface area contributed by atoms with Gasteiger partial charge in [-0.15, -0.1) is 0 Å². The third kappa shape index (κ3) is 66.1. The van der Waals surface area contributed by atoms with Crippen LogP contribution in [0.1, 0.15) is 297 Å². The Morgan fingerprint density at radius 1 is 0.256 bits per heavy atom. The molecule has 0 saturated carbocycles. The van der Waals surface area contributed by atoms with Crippen molar-refractivity contribution in [2.24, 2.45) is 0 Å². The molecule has 6 nitrogen and oxygen atoms in total. The van der Waals surface area contributed by atoms with E-state index in [0.717, 1.165) is 135 Å². The van der Waals surface area contributed by atoms with Gasteiger partial charge in [0, 0.05) is 19.3 Å². The summed E-state index contributed by atoms with van der Waals surface area (Å²) in [5.41, 5.74) is 0. The zero-order valence-corrected chi connectivity index (χ0v) is 53.2. The molecule has 0 aliphatic rings. The molecule has 1 atom stereocenters. The number of rotatable bonds is 60. The third-order valence-corrected chi connectivity index (χ3v) is 14.1. The summed E-state index contributed by atoms with van der Waals surface area (Å²) in [6.07, 6.45) is 98.9. The zero-order valence-electron chi connectivity index (χ0n) is 53.2. The standard InChI is InChI=1S/C76H124O6/c1-4-7-10-13-16-18-20-22-24-26-28-30-32-34-36-38-40-42-44-46-48-50-52-54-56-58-60-63-66-69-75(78)81-72-73(71-80-74(77)68-65-62-15-12-9-6-3)82-76(79)70-67-64-61-59-57-55-53-51-49-47-45-43-41-39-37-35-33-31-29-27-25-23-21-19-17-14-11-8-5-2/h7-8,10-11,16-19,22-25,28-31,34-37,40-43,73H,4-6,9,12-15,20-21,26-27,32-33,38-39,44-72H2,1-3H3/b10-7-,11-8-,18-16-,19-17-,24-22-,25-23-,30-28-,31-29-,36-34-,37-35-,42-40-,43-41-. The van der Waals surface area contributed by atoms with E-state index in [1.54, 1.807) is 0 Å². The van der Waals surface area contributed by atoms with E-state index in [0.29, 0.717) is 19.3 Å². The van der Waals surface area contributed by atoms with Crippen LogP contribution in [0.25, 0.3) is 0 Å². The Bertz CT molecular complexity index is 1780. The van der Waals surface area contributed by atoms with Crippen molar-refractivity contribution in [2.75, 3.05) is 13.2 Å². The molecule has 0 aromatic heterocycles. The number of carbonyl (C=O) groups is 3. The molecule has 82 heavy (non-hydrogen) atoms. The molecule has 6 heteroatoms. The Balaban J connectivity index is 4.12. The van der Waals surface area contributed by atoms with Gasteiger partial charge < -0.3 is 14.2 Å². The molecule has 0 saturated heterocycles. The first-order chi connectivity index (χ1) is 40.5. The predicted octanol–water partition coefficient (Wildman–Crippen LogP) is 23.5. The average molecular weight is 1130 g/mol. The lowest BCUT2D eigenvalue weighted by molar-refractivity contribution is -0.167. The molecule has 0 aliphatic heterocycles. The average Bonchev–Trinajstić information content (AvgIpc) is 3.47. The van der Waals surface area contributed by atoms with Gasteiger partial charge in [-0.25, -0.2) is 0 Å². The summed E-state index contributed by atoms with van der Waals surface area (Å²) >= 11 is 0. The van der Waals surface area contributed by atoms with Crippen LogP contribution in [0.2, 0.25) is 0 Å². The Morgan fingerprint density at radius 3 is 0.744 bits per heavy atom. The van der Waals surface area contributed by atoms with E-state index in [9.17, 15) is 14.4 Å². The smallest absolute Gasteiger partial charge is 0.306 e. The molecule has 464 valence electrons. The first-order valence-corrected chi connectivity index (χ1v) is 33.8. The first kappa shape index (κ1) is 77.3. The predicted molar refractivity (Wildman–Crippen MR) is 357 cm³/mol. The molecular formula is C76H124O6. The van der Waals surface area contributed by atoms with Crippen LogP contribution < -0.4 is 0 Å². The minimum atomic E-state index is -0.785. The lowest BCUT2D eigenvalue weighted by Crippen LogP contribution is -2.30. The van der Waals surface area contributed by atoms with Crippen LogP contribution in [0.5, 0.6) is 0 Å². The van der Waals surface area contributed by atoms with Crippen LogP contribution in [0, 0.1) is 0 Å². The molecule has 0 aromatic carbocycles. The largest absolute Gasteiger partial charge is 0.462 e. The summed E-state index contributed by atoms with van der Waals surface area (Å²) in [5, 5.41) is 0. The molecule has 1 unspecified atom stereocenters. The van der Waals surface area contributed by atoms with Crippen molar-refractivity contribution in [3.8, 4) is 0 Å². The van der Waals surface area contributed by atoms with Gasteiger partial charge in [-0.3, -0.25) is 14.4 Å². The summed E-state index contributed by atoms with van der Waals surface area (Å²) in [5.74, 6) is -0.900. The normalized spacial score (nSPS) is 13.1. The van der Waals surface area contributed by atoms with Crippen molar-refractivity contribution in [3.63, 3.8) is 0 Å². The van der Waals surface area contributed by atoms with Gasteiger partial charge in [-0.2, -0.15) is 0 Å². The minimum Gasteiger partial charge on any atom is -0.462 e. The maximum Gasteiger partial charge on any atom is 0.306 e. The van der Waals surface area contributed by atoms with Crippen molar-refractivity contribution >= 4 is 17.9 Å². The molecule has 0 heterocycles. The van der Waals surface area contributed by atoms with E-state index < -0.39 is 6.10 Å². The summed E-state index contributed by atoms with van der Waals surface area (Å²) in [7, 11) is 0. The molecule has 0 bridgehead atoms. The van der Waals surface area contributed by atoms with Crippen LogP contribution in [0.4, 0.5) is 0 Å². The van der Waals surface area contributed by atoms with Crippen molar-refractivity contribution in [1.82, 2.24) is 0 Å². The van der Waals surface area contributed by atoms with Gasteiger partial charge in [0.2, 0.25) is 0 Å². The van der Waals surface area contributed by atoms with Gasteiger partial charge in [-0.1, -0.05) is 301 Å². The van der Waals surface area contributed by atoms with Crippen LogP contribution in [0.15, 0.2) is 146 Å². The Labute approximate surface area is 506 Å². The highest BCUT2D eigenvalue weighted by atomic mass is 16.6. The zero-order chi connectivity index (χ0) is 59.2. The number of hydrogen-bond acceptors (Lipinski definition) is 6. The summed E-state index contributed by atoms with van der Waals surface area (Å²) in [4.78, 5) is 38.1. The van der Waals surface area contributed by atoms with Crippen LogP contribution in [-0.4, -0.2) is 37.2 Å². The highest BCUT2D eigenvalue weighted by Gasteiger charge is 2.19. The number of carbonyl (C=O) groups excluding carboxylic acids is 3. The van der Waals surface area contributed by atoms with Gasteiger partial charge in [0.1, 0.15) is 13.2 Å². The van der Waals surface area contributed by atoms with Gasteiger partial charge >= 0.3 is 17.9 Å². The second-order valence-corrected chi connectivity index (χ2v) is 22.0. The van der Waals surface area contributed by atoms with Gasteiger partial charge in [-0.05, 0) is 122 Å². The topological polar surface area (TPSA) is 78.9 Å². The highest BCUT2D eigenvalue weighted by molar-refractivity contribution is 5.71. The summed E-state index contributed by atoms with van der Waals surface area (Å²) < 4.78 is 16.8. The van der Waals surface area contributed by atoms with Crippen LogP contribution in [0.3, 0.4) is 0 Å². The molecule has 0 aromatic rings. The maximum absolute atomic E-state index is 12.9. The fourth-order valence-corrected chi connectivity index (χ4v) is 9.10. The van der Waals surface area contributed by atoms with Crippen LogP contribution in [-0.2, 0) is 28.6 Å². The van der Waals surface area contributed by atoms with Crippen LogP contribution >= 0.6 is 0 Å². The van der Waals surface area contributed by atoms with Crippen molar-refractivity contribution < 1.29 is 28.6 Å². The van der Waals surface area contributed by atoms with Crippen molar-refractivity contribution in [3.05, 3.63) is 146 Å². The molecule has 0 fully saturated rings. The Morgan fingerprint density at radius 2 is 0.476 bits per heavy atom. The maximum atomic E-state index is 12.9. The van der Waals surface area contributed by atoms with E-state index in [1.165, 1.54) is 122 Å². The van der Waals surface area contributed by atoms with E-state index in [-0.39, 0.29) is 31.1 Å². The van der Waals surface area contributed by atoms with E-state index in [4.69, 9.17) is 14.2 Å². The molecule has 0 radical (unpaired) electrons. The Kier molecular flexibility index (Phi) is 64.8. The van der Waals surface area contributed by atoms with Gasteiger partial charge in [0.05, 0.1) is 0 Å². The molecule has 0 amide bonds. The molecular weight excluding hydrogens is 1010 g/mol. The molecule has 0 rings (SSSR count). The second kappa shape index (κ2) is 68.8. The third-order valence-electron chi connectivity index (χ3n) is 14.1. The fraction of sp³-hybridized carbons (Fsp3) is 0.645. The highest BCUT2D eigenvalue weighted by Crippen LogP contribution is 2.16.